The van der Waals surface area contributed by atoms with Gasteiger partial charge in [0.2, 0.25) is 0 Å². The van der Waals surface area contributed by atoms with Gasteiger partial charge in [-0.15, -0.1) is 0 Å². The zero-order chi connectivity index (χ0) is 8.48. The highest BCUT2D eigenvalue weighted by Crippen LogP contribution is 2.23. The van der Waals surface area contributed by atoms with E-state index in [1.165, 1.54) is 6.26 Å². The molecule has 4 heteroatoms. The van der Waals surface area contributed by atoms with Gasteiger partial charge in [-0.1, -0.05) is 12.8 Å². The van der Waals surface area contributed by atoms with E-state index in [0.717, 1.165) is 12.8 Å². The van der Waals surface area contributed by atoms with Crippen LogP contribution in [0.1, 0.15) is 25.7 Å². The zero-order valence-corrected chi connectivity index (χ0v) is 7.47. The Bertz CT molecular complexity index is 220. The summed E-state index contributed by atoms with van der Waals surface area (Å²) in [5.41, 5.74) is 0. The summed E-state index contributed by atoms with van der Waals surface area (Å²) < 4.78 is 22.1. The lowest BCUT2D eigenvalue weighted by Gasteiger charge is -2.25. The Hall–Kier alpha value is -0.0900. The van der Waals surface area contributed by atoms with Gasteiger partial charge in [-0.2, -0.15) is 0 Å². The third-order valence-corrected chi connectivity index (χ3v) is 3.87. The largest absolute Gasteiger partial charge is 0.392 e. The summed E-state index contributed by atoms with van der Waals surface area (Å²) in [4.78, 5) is 0. The molecule has 3 nitrogen and oxygen atoms in total. The number of hydrogen-bond acceptors (Lipinski definition) is 3. The minimum absolute atomic E-state index is 0.503. The average molecular weight is 178 g/mol. The van der Waals surface area contributed by atoms with Crippen LogP contribution in [0.25, 0.3) is 0 Å². The average Bonchev–Trinajstić information content (AvgIpc) is 1.86. The van der Waals surface area contributed by atoms with Gasteiger partial charge in [-0.3, -0.25) is 0 Å². The van der Waals surface area contributed by atoms with E-state index in [0.29, 0.717) is 12.8 Å². The van der Waals surface area contributed by atoms with Gasteiger partial charge in [-0.25, -0.2) is 8.42 Å². The lowest BCUT2D eigenvalue weighted by atomic mass is 9.97. The summed E-state index contributed by atoms with van der Waals surface area (Å²) in [5, 5.41) is 8.82. The first-order valence-corrected chi connectivity index (χ1v) is 5.84. The van der Waals surface area contributed by atoms with Crippen molar-refractivity contribution in [1.29, 1.82) is 0 Å². The Morgan fingerprint density at radius 2 is 1.82 bits per heavy atom. The van der Waals surface area contributed by atoms with Gasteiger partial charge < -0.3 is 5.11 Å². The number of aliphatic hydroxyl groups is 1. The minimum Gasteiger partial charge on any atom is -0.392 e. The predicted octanol–water partition coefficient (Wildman–Crippen LogP) is 0.334. The predicted molar refractivity (Wildman–Crippen MR) is 43.1 cm³/mol. The zero-order valence-electron chi connectivity index (χ0n) is 6.66. The molecule has 0 radical (unpaired) electrons. The van der Waals surface area contributed by atoms with Crippen LogP contribution in [-0.4, -0.2) is 31.1 Å². The highest BCUT2D eigenvalue weighted by atomic mass is 32.2. The molecule has 2 atom stereocenters. The Morgan fingerprint density at radius 1 is 1.27 bits per heavy atom. The van der Waals surface area contributed by atoms with Crippen molar-refractivity contribution < 1.29 is 13.5 Å². The van der Waals surface area contributed by atoms with Crippen LogP contribution in [0.5, 0.6) is 0 Å². The van der Waals surface area contributed by atoms with E-state index in [9.17, 15) is 13.5 Å². The Kier molecular flexibility index (Phi) is 2.54. The van der Waals surface area contributed by atoms with Crippen molar-refractivity contribution in [2.24, 2.45) is 0 Å². The summed E-state index contributed by atoms with van der Waals surface area (Å²) in [6, 6.07) is 0. The minimum atomic E-state index is -3.03. The van der Waals surface area contributed by atoms with Crippen LogP contribution in [0.4, 0.5) is 0 Å². The number of hydrogen-bond donors (Lipinski definition) is 1. The first-order valence-electron chi connectivity index (χ1n) is 3.89. The second kappa shape index (κ2) is 3.11. The molecule has 1 fully saturated rings. The summed E-state index contributed by atoms with van der Waals surface area (Å²) in [7, 11) is -3.03. The summed E-state index contributed by atoms with van der Waals surface area (Å²) in [6.07, 6.45) is 3.71. The fraction of sp³-hybridized carbons (Fsp3) is 1.00. The van der Waals surface area contributed by atoms with Gasteiger partial charge in [0.05, 0.1) is 11.4 Å². The van der Waals surface area contributed by atoms with Crippen molar-refractivity contribution in [2.45, 2.75) is 37.0 Å². The molecule has 1 aliphatic carbocycles. The molecule has 1 saturated carbocycles. The van der Waals surface area contributed by atoms with Crippen LogP contribution in [-0.2, 0) is 9.84 Å². The van der Waals surface area contributed by atoms with Gasteiger partial charge in [0.1, 0.15) is 0 Å². The highest BCUT2D eigenvalue weighted by Gasteiger charge is 2.30. The molecule has 0 saturated heterocycles. The van der Waals surface area contributed by atoms with Gasteiger partial charge in [0, 0.05) is 6.26 Å². The maximum absolute atomic E-state index is 11.0. The van der Waals surface area contributed by atoms with Gasteiger partial charge in [0.15, 0.2) is 9.84 Å². The van der Waals surface area contributed by atoms with Crippen LogP contribution in [0.2, 0.25) is 0 Å². The van der Waals surface area contributed by atoms with Crippen LogP contribution in [0.3, 0.4) is 0 Å². The quantitative estimate of drug-likeness (QED) is 0.629. The molecular formula is C7H14O3S. The molecule has 0 aliphatic heterocycles. The topological polar surface area (TPSA) is 54.4 Å². The molecule has 0 unspecified atom stereocenters. The fourth-order valence-electron chi connectivity index (χ4n) is 1.58. The second-order valence-electron chi connectivity index (χ2n) is 3.22. The molecule has 66 valence electrons. The van der Waals surface area contributed by atoms with E-state index in [2.05, 4.69) is 0 Å². The third-order valence-electron chi connectivity index (χ3n) is 2.22. The number of aliphatic hydroxyl groups excluding tert-OH is 1. The van der Waals surface area contributed by atoms with Crippen molar-refractivity contribution in [3.63, 3.8) is 0 Å². The molecule has 0 spiro atoms. The Labute approximate surface area is 67.3 Å². The SMILES string of the molecule is CS(=O)(=O)[C@@H]1CCCC[C@H]1O. The fourth-order valence-corrected chi connectivity index (χ4v) is 2.88. The second-order valence-corrected chi connectivity index (χ2v) is 5.48. The molecular weight excluding hydrogens is 164 g/mol. The maximum atomic E-state index is 11.0. The summed E-state index contributed by atoms with van der Waals surface area (Å²) in [6.45, 7) is 0. The highest BCUT2D eigenvalue weighted by molar-refractivity contribution is 7.91. The molecule has 11 heavy (non-hydrogen) atoms. The van der Waals surface area contributed by atoms with E-state index in [4.69, 9.17) is 0 Å². The lowest BCUT2D eigenvalue weighted by molar-refractivity contribution is 0.133. The van der Waals surface area contributed by atoms with Gasteiger partial charge in [-0.05, 0) is 12.8 Å². The maximum Gasteiger partial charge on any atom is 0.152 e. The molecule has 0 aromatic heterocycles. The van der Waals surface area contributed by atoms with Crippen molar-refractivity contribution in [1.82, 2.24) is 0 Å². The van der Waals surface area contributed by atoms with Crippen LogP contribution in [0.15, 0.2) is 0 Å². The monoisotopic (exact) mass is 178 g/mol. The van der Waals surface area contributed by atoms with Gasteiger partial charge >= 0.3 is 0 Å². The van der Waals surface area contributed by atoms with Crippen LogP contribution in [0, 0.1) is 0 Å². The lowest BCUT2D eigenvalue weighted by Crippen LogP contribution is -2.36. The van der Waals surface area contributed by atoms with E-state index in [1.807, 2.05) is 0 Å². The molecule has 1 rings (SSSR count). The van der Waals surface area contributed by atoms with Crippen LogP contribution >= 0.6 is 0 Å². The van der Waals surface area contributed by atoms with E-state index in [1.54, 1.807) is 0 Å². The first-order chi connectivity index (χ1) is 5.02. The third kappa shape index (κ3) is 2.17. The van der Waals surface area contributed by atoms with Crippen LogP contribution < -0.4 is 0 Å². The first kappa shape index (κ1) is 9.00. The molecule has 1 aliphatic rings. The molecule has 0 heterocycles. The number of rotatable bonds is 1. The Balaban J connectivity index is 2.70. The molecule has 0 aromatic rings. The molecule has 1 N–H and O–H groups in total. The van der Waals surface area contributed by atoms with E-state index < -0.39 is 21.2 Å². The normalized spacial score (nSPS) is 33.6. The molecule has 0 aromatic carbocycles. The summed E-state index contributed by atoms with van der Waals surface area (Å²) >= 11 is 0. The summed E-state index contributed by atoms with van der Waals surface area (Å²) in [5.74, 6) is 0. The van der Waals surface area contributed by atoms with Crippen molar-refractivity contribution in [3.05, 3.63) is 0 Å². The Morgan fingerprint density at radius 3 is 2.18 bits per heavy atom. The van der Waals surface area contributed by atoms with E-state index in [-0.39, 0.29) is 0 Å². The van der Waals surface area contributed by atoms with Gasteiger partial charge in [0.25, 0.3) is 0 Å². The van der Waals surface area contributed by atoms with Crippen molar-refractivity contribution >= 4 is 9.84 Å². The molecule has 0 bridgehead atoms. The van der Waals surface area contributed by atoms with Crippen molar-refractivity contribution in [3.8, 4) is 0 Å². The van der Waals surface area contributed by atoms with E-state index >= 15 is 0 Å². The number of sulfone groups is 1. The smallest absolute Gasteiger partial charge is 0.152 e. The standard InChI is InChI=1S/C7H14O3S/c1-11(9,10)7-5-3-2-4-6(7)8/h6-8H,2-5H2,1H3/t6-,7-/m1/s1. The molecule has 0 amide bonds. The van der Waals surface area contributed by atoms with Crippen molar-refractivity contribution in [2.75, 3.05) is 6.26 Å².